The van der Waals surface area contributed by atoms with E-state index in [1.807, 2.05) is 50.2 Å². The van der Waals surface area contributed by atoms with Gasteiger partial charge in [0.25, 0.3) is 5.91 Å². The average Bonchev–Trinajstić information content (AvgIpc) is 2.86. The van der Waals surface area contributed by atoms with Gasteiger partial charge in [0.15, 0.2) is 0 Å². The number of hydrogen-bond donors (Lipinski definition) is 1. The molecule has 0 fully saturated rings. The van der Waals surface area contributed by atoms with Gasteiger partial charge in [0.2, 0.25) is 0 Å². The number of benzene rings is 1. The SMILES string of the molecule is Cc1c(C(=O)N[C@H](C)c2ccccn2)sc2ccccc12. The second-order valence-corrected chi connectivity index (χ2v) is 6.05. The Balaban J connectivity index is 1.86. The molecular formula is C17H16N2OS. The molecule has 1 atom stereocenters. The smallest absolute Gasteiger partial charge is 0.262 e. The number of hydrogen-bond acceptors (Lipinski definition) is 3. The average molecular weight is 296 g/mol. The lowest BCUT2D eigenvalue weighted by molar-refractivity contribution is 0.0943. The molecule has 3 rings (SSSR count). The number of rotatable bonds is 3. The van der Waals surface area contributed by atoms with E-state index in [0.717, 1.165) is 26.2 Å². The highest BCUT2D eigenvalue weighted by Gasteiger charge is 2.17. The molecule has 0 spiro atoms. The van der Waals surface area contributed by atoms with Gasteiger partial charge >= 0.3 is 0 Å². The summed E-state index contributed by atoms with van der Waals surface area (Å²) in [5, 5.41) is 4.17. The van der Waals surface area contributed by atoms with E-state index in [2.05, 4.69) is 16.4 Å². The van der Waals surface area contributed by atoms with Crippen molar-refractivity contribution in [2.75, 3.05) is 0 Å². The van der Waals surface area contributed by atoms with Gasteiger partial charge in [-0.1, -0.05) is 24.3 Å². The molecule has 4 heteroatoms. The predicted octanol–water partition coefficient (Wildman–Crippen LogP) is 4.10. The number of carbonyl (C=O) groups is 1. The minimum atomic E-state index is -0.108. The molecule has 2 aromatic heterocycles. The van der Waals surface area contributed by atoms with Crippen molar-refractivity contribution in [3.63, 3.8) is 0 Å². The third-order valence-corrected chi connectivity index (χ3v) is 4.80. The summed E-state index contributed by atoms with van der Waals surface area (Å²) in [5.41, 5.74) is 1.91. The number of pyridine rings is 1. The van der Waals surface area contributed by atoms with Crippen LogP contribution in [0.15, 0.2) is 48.7 Å². The summed E-state index contributed by atoms with van der Waals surface area (Å²) >= 11 is 1.54. The Morgan fingerprint density at radius 3 is 2.67 bits per heavy atom. The number of nitrogens with one attached hydrogen (secondary N) is 1. The summed E-state index contributed by atoms with van der Waals surface area (Å²) in [4.78, 5) is 17.5. The number of amides is 1. The Hall–Kier alpha value is -2.20. The van der Waals surface area contributed by atoms with Crippen LogP contribution in [0.4, 0.5) is 0 Å². The molecular weight excluding hydrogens is 280 g/mol. The van der Waals surface area contributed by atoms with E-state index in [1.54, 1.807) is 6.20 Å². The minimum absolute atomic E-state index is 0.0353. The highest BCUT2D eigenvalue weighted by atomic mass is 32.1. The lowest BCUT2D eigenvalue weighted by atomic mass is 10.1. The standard InChI is InChI=1S/C17H16N2OS/c1-11-13-7-3-4-9-15(13)21-16(11)17(20)19-12(2)14-8-5-6-10-18-14/h3-10,12H,1-2H3,(H,19,20)/t12-/m1/s1. The predicted molar refractivity (Wildman–Crippen MR) is 86.7 cm³/mol. The monoisotopic (exact) mass is 296 g/mol. The Morgan fingerprint density at radius 2 is 1.95 bits per heavy atom. The van der Waals surface area contributed by atoms with E-state index in [1.165, 1.54) is 11.3 Å². The molecule has 0 bridgehead atoms. The fourth-order valence-corrected chi connectivity index (χ4v) is 3.47. The molecule has 0 unspecified atom stereocenters. The molecule has 1 N–H and O–H groups in total. The fourth-order valence-electron chi connectivity index (χ4n) is 2.36. The lowest BCUT2D eigenvalue weighted by Crippen LogP contribution is -2.26. The zero-order valence-corrected chi connectivity index (χ0v) is 12.8. The molecule has 1 amide bonds. The molecule has 3 nitrogen and oxygen atoms in total. The molecule has 0 aliphatic carbocycles. The Kier molecular flexibility index (Phi) is 3.71. The van der Waals surface area contributed by atoms with Crippen LogP contribution in [0, 0.1) is 6.92 Å². The number of nitrogens with zero attached hydrogens (tertiary/aromatic N) is 1. The van der Waals surface area contributed by atoms with Gasteiger partial charge in [-0.2, -0.15) is 0 Å². The number of fused-ring (bicyclic) bond motifs is 1. The van der Waals surface area contributed by atoms with Gasteiger partial charge in [0.1, 0.15) is 0 Å². The van der Waals surface area contributed by atoms with Crippen molar-refractivity contribution in [3.8, 4) is 0 Å². The second-order valence-electron chi connectivity index (χ2n) is 5.00. The maximum Gasteiger partial charge on any atom is 0.262 e. The van der Waals surface area contributed by atoms with Gasteiger partial charge in [-0.15, -0.1) is 11.3 Å². The molecule has 21 heavy (non-hydrogen) atoms. The van der Waals surface area contributed by atoms with E-state index >= 15 is 0 Å². The molecule has 1 aromatic carbocycles. The first-order chi connectivity index (χ1) is 10.2. The van der Waals surface area contributed by atoms with Crippen molar-refractivity contribution >= 4 is 27.3 Å². The van der Waals surface area contributed by atoms with Gasteiger partial charge in [-0.25, -0.2) is 0 Å². The van der Waals surface area contributed by atoms with Gasteiger partial charge < -0.3 is 5.32 Å². The van der Waals surface area contributed by atoms with Crippen molar-refractivity contribution in [1.82, 2.24) is 10.3 Å². The van der Waals surface area contributed by atoms with E-state index in [4.69, 9.17) is 0 Å². The summed E-state index contributed by atoms with van der Waals surface area (Å²) in [5.74, 6) is -0.0353. The van der Waals surface area contributed by atoms with Crippen LogP contribution in [0.5, 0.6) is 0 Å². The van der Waals surface area contributed by atoms with Crippen LogP contribution >= 0.6 is 11.3 Å². The van der Waals surface area contributed by atoms with Crippen LogP contribution < -0.4 is 5.32 Å². The van der Waals surface area contributed by atoms with Crippen LogP contribution in [0.3, 0.4) is 0 Å². The highest BCUT2D eigenvalue weighted by molar-refractivity contribution is 7.21. The first-order valence-electron chi connectivity index (χ1n) is 6.86. The first-order valence-corrected chi connectivity index (χ1v) is 7.68. The first kappa shape index (κ1) is 13.8. The van der Waals surface area contributed by atoms with Gasteiger partial charge in [-0.05, 0) is 43.0 Å². The van der Waals surface area contributed by atoms with E-state index in [9.17, 15) is 4.79 Å². The highest BCUT2D eigenvalue weighted by Crippen LogP contribution is 2.30. The zero-order valence-electron chi connectivity index (χ0n) is 12.0. The van der Waals surface area contributed by atoms with Crippen molar-refractivity contribution in [2.24, 2.45) is 0 Å². The van der Waals surface area contributed by atoms with Gasteiger partial charge in [0, 0.05) is 10.9 Å². The number of carbonyl (C=O) groups excluding carboxylic acids is 1. The van der Waals surface area contributed by atoms with Crippen molar-refractivity contribution in [2.45, 2.75) is 19.9 Å². The summed E-state index contributed by atoms with van der Waals surface area (Å²) < 4.78 is 1.14. The van der Waals surface area contributed by atoms with E-state index in [-0.39, 0.29) is 11.9 Å². The van der Waals surface area contributed by atoms with Crippen molar-refractivity contribution < 1.29 is 4.79 Å². The maximum absolute atomic E-state index is 12.5. The molecule has 0 aliphatic rings. The molecule has 3 aromatic rings. The Morgan fingerprint density at radius 1 is 1.19 bits per heavy atom. The minimum Gasteiger partial charge on any atom is -0.343 e. The second kappa shape index (κ2) is 5.66. The maximum atomic E-state index is 12.5. The zero-order chi connectivity index (χ0) is 14.8. The molecule has 0 aliphatic heterocycles. The van der Waals surface area contributed by atoms with Gasteiger partial charge in [-0.3, -0.25) is 9.78 Å². The topological polar surface area (TPSA) is 42.0 Å². The van der Waals surface area contributed by atoms with Crippen LogP contribution in [-0.2, 0) is 0 Å². The molecule has 2 heterocycles. The third kappa shape index (κ3) is 2.67. The Labute approximate surface area is 127 Å². The van der Waals surface area contributed by atoms with E-state index in [0.29, 0.717) is 0 Å². The van der Waals surface area contributed by atoms with Crippen LogP contribution in [0.1, 0.15) is 33.9 Å². The van der Waals surface area contributed by atoms with Crippen molar-refractivity contribution in [3.05, 3.63) is 64.8 Å². The molecule has 106 valence electrons. The quantitative estimate of drug-likeness (QED) is 0.790. The summed E-state index contributed by atoms with van der Waals surface area (Å²) in [6.07, 6.45) is 1.74. The molecule has 0 saturated carbocycles. The molecule has 0 radical (unpaired) electrons. The van der Waals surface area contributed by atoms with Gasteiger partial charge in [0.05, 0.1) is 16.6 Å². The van der Waals surface area contributed by atoms with Crippen LogP contribution in [0.2, 0.25) is 0 Å². The third-order valence-electron chi connectivity index (χ3n) is 3.53. The number of thiophene rings is 1. The molecule has 0 saturated heterocycles. The Bertz CT molecular complexity index is 780. The summed E-state index contributed by atoms with van der Waals surface area (Å²) in [6, 6.07) is 13.7. The van der Waals surface area contributed by atoms with E-state index < -0.39 is 0 Å². The van der Waals surface area contributed by atoms with Crippen LogP contribution in [0.25, 0.3) is 10.1 Å². The van der Waals surface area contributed by atoms with Crippen molar-refractivity contribution in [1.29, 1.82) is 0 Å². The largest absolute Gasteiger partial charge is 0.343 e. The summed E-state index contributed by atoms with van der Waals surface area (Å²) in [7, 11) is 0. The normalized spacial score (nSPS) is 12.3. The van der Waals surface area contributed by atoms with Crippen LogP contribution in [-0.4, -0.2) is 10.9 Å². The number of aromatic nitrogens is 1. The number of aryl methyl sites for hydroxylation is 1. The lowest BCUT2D eigenvalue weighted by Gasteiger charge is -2.12. The summed E-state index contributed by atoms with van der Waals surface area (Å²) in [6.45, 7) is 3.95. The fraction of sp³-hybridized carbons (Fsp3) is 0.176.